The van der Waals surface area contributed by atoms with E-state index in [1.807, 2.05) is 12.1 Å². The Morgan fingerprint density at radius 2 is 2.24 bits per heavy atom. The maximum absolute atomic E-state index is 5.83. The number of benzene rings is 1. The predicted molar refractivity (Wildman–Crippen MR) is 80.7 cm³/mol. The van der Waals surface area contributed by atoms with E-state index in [-0.39, 0.29) is 6.10 Å². The Labute approximate surface area is 126 Å². The minimum Gasteiger partial charge on any atom is -0.454 e. The Morgan fingerprint density at radius 1 is 1.33 bits per heavy atom. The number of ether oxygens (including phenoxy) is 3. The quantitative estimate of drug-likeness (QED) is 0.893. The first kappa shape index (κ1) is 14.6. The van der Waals surface area contributed by atoms with Crippen molar-refractivity contribution in [3.63, 3.8) is 0 Å². The monoisotopic (exact) mass is 292 g/mol. The molecule has 21 heavy (non-hydrogen) atoms. The van der Waals surface area contributed by atoms with E-state index in [0.29, 0.717) is 12.8 Å². The Balaban J connectivity index is 1.49. The number of rotatable bonds is 5. The van der Waals surface area contributed by atoms with Crippen LogP contribution in [0.3, 0.4) is 0 Å². The van der Waals surface area contributed by atoms with Crippen LogP contribution in [0.5, 0.6) is 11.5 Å². The molecule has 5 heteroatoms. The average molecular weight is 292 g/mol. The number of morpholine rings is 1. The molecule has 1 N–H and O–H groups in total. The molecular weight excluding hydrogens is 268 g/mol. The smallest absolute Gasteiger partial charge is 0.231 e. The zero-order valence-electron chi connectivity index (χ0n) is 12.8. The van der Waals surface area contributed by atoms with Gasteiger partial charge in [0.2, 0.25) is 6.79 Å². The summed E-state index contributed by atoms with van der Waals surface area (Å²) in [5, 5.41) is 3.47. The molecule has 1 fully saturated rings. The summed E-state index contributed by atoms with van der Waals surface area (Å²) < 4.78 is 16.7. The lowest BCUT2D eigenvalue weighted by Crippen LogP contribution is -2.48. The van der Waals surface area contributed by atoms with E-state index >= 15 is 0 Å². The molecule has 2 aliphatic heterocycles. The van der Waals surface area contributed by atoms with Crippen molar-refractivity contribution >= 4 is 0 Å². The van der Waals surface area contributed by atoms with Gasteiger partial charge in [-0.1, -0.05) is 12.1 Å². The fraction of sp³-hybridized carbons (Fsp3) is 0.625. The maximum atomic E-state index is 5.83. The molecule has 1 unspecified atom stereocenters. The van der Waals surface area contributed by atoms with E-state index in [1.165, 1.54) is 0 Å². The van der Waals surface area contributed by atoms with E-state index < -0.39 is 0 Å². The highest BCUT2D eigenvalue weighted by Gasteiger charge is 2.22. The molecule has 0 saturated carbocycles. The zero-order chi connectivity index (χ0) is 14.7. The Morgan fingerprint density at radius 3 is 3.10 bits per heavy atom. The van der Waals surface area contributed by atoms with Gasteiger partial charge in [-0.3, -0.25) is 4.90 Å². The third-order valence-electron chi connectivity index (χ3n) is 4.07. The molecule has 1 aromatic carbocycles. The molecule has 0 amide bonds. The Bertz CT molecular complexity index is 479. The maximum Gasteiger partial charge on any atom is 0.231 e. The molecule has 116 valence electrons. The molecule has 1 saturated heterocycles. The Hall–Kier alpha value is -1.30. The molecule has 5 nitrogen and oxygen atoms in total. The average Bonchev–Trinajstić information content (AvgIpc) is 2.97. The lowest BCUT2D eigenvalue weighted by molar-refractivity contribution is -0.0372. The molecular formula is C16H24N2O3. The lowest BCUT2D eigenvalue weighted by atomic mass is 10.1. The van der Waals surface area contributed by atoms with Crippen molar-refractivity contribution in [1.82, 2.24) is 10.2 Å². The van der Waals surface area contributed by atoms with E-state index in [4.69, 9.17) is 14.2 Å². The molecule has 2 heterocycles. The molecule has 0 radical (unpaired) electrons. The van der Waals surface area contributed by atoms with E-state index in [0.717, 1.165) is 49.8 Å². The van der Waals surface area contributed by atoms with Gasteiger partial charge in [-0.2, -0.15) is 0 Å². The highest BCUT2D eigenvalue weighted by atomic mass is 16.7. The summed E-state index contributed by atoms with van der Waals surface area (Å²) in [6.07, 6.45) is 0.259. The molecule has 0 spiro atoms. The molecule has 0 aliphatic carbocycles. The van der Waals surface area contributed by atoms with Crippen molar-refractivity contribution < 1.29 is 14.2 Å². The van der Waals surface area contributed by atoms with Gasteiger partial charge in [0.1, 0.15) is 0 Å². The van der Waals surface area contributed by atoms with Crippen molar-refractivity contribution in [2.24, 2.45) is 0 Å². The van der Waals surface area contributed by atoms with Crippen LogP contribution in [0.4, 0.5) is 0 Å². The zero-order valence-corrected chi connectivity index (χ0v) is 12.8. The second-order valence-electron chi connectivity index (χ2n) is 5.86. The number of fused-ring (bicyclic) bond motifs is 1. The second kappa shape index (κ2) is 6.64. The van der Waals surface area contributed by atoms with Crippen LogP contribution >= 0.6 is 0 Å². The summed E-state index contributed by atoms with van der Waals surface area (Å²) in [7, 11) is 0. The van der Waals surface area contributed by atoms with E-state index in [2.05, 4.69) is 30.1 Å². The number of hydrogen-bond acceptors (Lipinski definition) is 5. The van der Waals surface area contributed by atoms with Crippen LogP contribution in [0.15, 0.2) is 18.2 Å². The van der Waals surface area contributed by atoms with Crippen LogP contribution < -0.4 is 14.8 Å². The summed E-state index contributed by atoms with van der Waals surface area (Å²) in [5.41, 5.74) is 1.14. The van der Waals surface area contributed by atoms with Crippen molar-refractivity contribution in [2.45, 2.75) is 32.5 Å². The van der Waals surface area contributed by atoms with E-state index in [1.54, 1.807) is 0 Å². The highest BCUT2D eigenvalue weighted by molar-refractivity contribution is 5.48. The topological polar surface area (TPSA) is 43.0 Å². The van der Waals surface area contributed by atoms with Gasteiger partial charge in [0, 0.05) is 37.8 Å². The SMILES string of the molecule is CC(C)N1CCOC(CNCc2cccc3c2OCO3)C1. The van der Waals surface area contributed by atoms with Gasteiger partial charge in [-0.15, -0.1) is 0 Å². The first-order chi connectivity index (χ1) is 10.2. The van der Waals surface area contributed by atoms with Crippen LogP contribution in [0.1, 0.15) is 19.4 Å². The number of nitrogens with zero attached hydrogens (tertiary/aromatic N) is 1. The van der Waals surface area contributed by atoms with Gasteiger partial charge in [0.25, 0.3) is 0 Å². The number of nitrogens with one attached hydrogen (secondary N) is 1. The summed E-state index contributed by atoms with van der Waals surface area (Å²) in [6, 6.07) is 6.60. The predicted octanol–water partition coefficient (Wildman–Crippen LogP) is 1.61. The first-order valence-electron chi connectivity index (χ1n) is 7.68. The molecule has 1 atom stereocenters. The van der Waals surface area contributed by atoms with Crippen LogP contribution in [-0.4, -0.2) is 50.1 Å². The molecule has 1 aromatic rings. The van der Waals surface area contributed by atoms with Crippen molar-refractivity contribution in [1.29, 1.82) is 0 Å². The molecule has 3 rings (SSSR count). The van der Waals surface area contributed by atoms with Crippen LogP contribution in [-0.2, 0) is 11.3 Å². The fourth-order valence-electron chi connectivity index (χ4n) is 2.83. The van der Waals surface area contributed by atoms with E-state index in [9.17, 15) is 0 Å². The summed E-state index contributed by atoms with van der Waals surface area (Å²) in [4.78, 5) is 2.47. The van der Waals surface area contributed by atoms with Gasteiger partial charge in [0.15, 0.2) is 11.5 Å². The summed E-state index contributed by atoms with van der Waals surface area (Å²) in [5.74, 6) is 1.72. The van der Waals surface area contributed by atoms with Crippen molar-refractivity contribution in [2.75, 3.05) is 33.0 Å². The molecule has 0 bridgehead atoms. The van der Waals surface area contributed by atoms with Gasteiger partial charge in [-0.25, -0.2) is 0 Å². The minimum atomic E-state index is 0.259. The van der Waals surface area contributed by atoms with Crippen LogP contribution in [0.2, 0.25) is 0 Å². The molecule has 2 aliphatic rings. The number of para-hydroxylation sites is 1. The fourth-order valence-corrected chi connectivity index (χ4v) is 2.83. The number of hydrogen-bond donors (Lipinski definition) is 1. The highest BCUT2D eigenvalue weighted by Crippen LogP contribution is 2.35. The third kappa shape index (κ3) is 3.48. The first-order valence-corrected chi connectivity index (χ1v) is 7.68. The van der Waals surface area contributed by atoms with Gasteiger partial charge >= 0.3 is 0 Å². The molecule has 0 aromatic heterocycles. The minimum absolute atomic E-state index is 0.259. The normalized spacial score (nSPS) is 22.0. The Kier molecular flexibility index (Phi) is 4.63. The lowest BCUT2D eigenvalue weighted by Gasteiger charge is -2.35. The second-order valence-corrected chi connectivity index (χ2v) is 5.86. The summed E-state index contributed by atoms with van der Waals surface area (Å²) in [6.45, 7) is 9.27. The third-order valence-corrected chi connectivity index (χ3v) is 4.07. The van der Waals surface area contributed by atoms with Gasteiger partial charge in [-0.05, 0) is 19.9 Å². The van der Waals surface area contributed by atoms with Gasteiger partial charge in [0.05, 0.1) is 12.7 Å². The van der Waals surface area contributed by atoms with Crippen LogP contribution in [0, 0.1) is 0 Å². The van der Waals surface area contributed by atoms with Crippen LogP contribution in [0.25, 0.3) is 0 Å². The largest absolute Gasteiger partial charge is 0.454 e. The van der Waals surface area contributed by atoms with Crippen molar-refractivity contribution in [3.8, 4) is 11.5 Å². The standard InChI is InChI=1S/C16H24N2O3/c1-12(2)18-6-7-19-14(10-18)9-17-8-13-4-3-5-15-16(13)21-11-20-15/h3-5,12,14,17H,6-11H2,1-2H3. The summed E-state index contributed by atoms with van der Waals surface area (Å²) >= 11 is 0. The van der Waals surface area contributed by atoms with Gasteiger partial charge < -0.3 is 19.5 Å². The van der Waals surface area contributed by atoms with Crippen molar-refractivity contribution in [3.05, 3.63) is 23.8 Å².